The fourth-order valence-corrected chi connectivity index (χ4v) is 9.54. The lowest BCUT2D eigenvalue weighted by Crippen LogP contribution is -2.54. The summed E-state index contributed by atoms with van der Waals surface area (Å²) in [7, 11) is -6.72. The molecule has 0 aliphatic carbocycles. The van der Waals surface area contributed by atoms with Gasteiger partial charge in [0.2, 0.25) is 0 Å². The standard InChI is InChI=1S/C18H15ClF2O4S.C6H12O2S/c19-12-1-3-13(4-2-12)26(22,23)18-7-8-24-9-11(18)10-25-17-15(21)6-5-14(20)16(17)18;1-2-6-4-3-5-9(6,7)8/h1-6,11H,7-10H2;6H,2-5H2,1H3/t11?,18-;/m0./s1. The Morgan fingerprint density at radius 3 is 2.37 bits per heavy atom. The van der Waals surface area contributed by atoms with E-state index in [1.165, 1.54) is 24.3 Å². The molecule has 5 rings (SSSR count). The van der Waals surface area contributed by atoms with E-state index in [0.29, 0.717) is 10.8 Å². The number of hydrogen-bond acceptors (Lipinski definition) is 6. The van der Waals surface area contributed by atoms with Crippen molar-refractivity contribution in [3.8, 4) is 5.75 Å². The summed E-state index contributed by atoms with van der Waals surface area (Å²) >= 11 is 5.87. The minimum Gasteiger partial charge on any atom is -0.490 e. The Labute approximate surface area is 209 Å². The fraction of sp³-hybridized carbons (Fsp3) is 0.500. The molecule has 35 heavy (non-hydrogen) atoms. The first kappa shape index (κ1) is 26.3. The Morgan fingerprint density at radius 2 is 1.77 bits per heavy atom. The number of fused-ring (bicyclic) bond motifs is 3. The number of halogens is 3. The third-order valence-electron chi connectivity index (χ3n) is 7.03. The molecular weight excluding hydrogens is 522 g/mol. The second-order valence-electron chi connectivity index (χ2n) is 8.95. The molecule has 2 unspecified atom stereocenters. The molecule has 2 saturated heterocycles. The second-order valence-corrected chi connectivity index (χ2v) is 14.0. The van der Waals surface area contributed by atoms with Crippen LogP contribution < -0.4 is 4.74 Å². The highest BCUT2D eigenvalue weighted by atomic mass is 35.5. The van der Waals surface area contributed by atoms with Gasteiger partial charge in [0.05, 0.1) is 34.7 Å². The third kappa shape index (κ3) is 4.58. The molecule has 2 aromatic rings. The molecule has 3 atom stereocenters. The third-order valence-corrected chi connectivity index (χ3v) is 12.3. The SMILES string of the molecule is CCC1CCCS1(=O)=O.O=S(=O)(c1ccc(Cl)cc1)[C@@]12CCOCC1COc1c(F)ccc(F)c12. The van der Waals surface area contributed by atoms with Crippen LogP contribution in [-0.4, -0.2) is 47.7 Å². The molecule has 3 heterocycles. The lowest BCUT2D eigenvalue weighted by Gasteiger charge is -2.46. The molecule has 3 aliphatic rings. The summed E-state index contributed by atoms with van der Waals surface area (Å²) < 4.78 is 87.5. The van der Waals surface area contributed by atoms with E-state index in [1.807, 2.05) is 6.92 Å². The van der Waals surface area contributed by atoms with E-state index in [2.05, 4.69) is 0 Å². The quantitative estimate of drug-likeness (QED) is 0.553. The average Bonchev–Trinajstić information content (AvgIpc) is 3.19. The Balaban J connectivity index is 0.000000271. The first-order chi connectivity index (χ1) is 16.5. The molecule has 0 radical (unpaired) electrons. The van der Waals surface area contributed by atoms with Crippen molar-refractivity contribution in [2.45, 2.75) is 47.5 Å². The minimum absolute atomic E-state index is 0.00492. The highest BCUT2D eigenvalue weighted by Crippen LogP contribution is 2.53. The molecular formula is C24H27ClF2O6S2. The molecule has 0 spiro atoms. The van der Waals surface area contributed by atoms with Crippen molar-refractivity contribution in [2.75, 3.05) is 25.6 Å². The van der Waals surface area contributed by atoms with Gasteiger partial charge in [-0.3, -0.25) is 0 Å². The first-order valence-electron chi connectivity index (χ1n) is 11.5. The van der Waals surface area contributed by atoms with Gasteiger partial charge < -0.3 is 9.47 Å². The van der Waals surface area contributed by atoms with Gasteiger partial charge in [0.15, 0.2) is 31.2 Å². The summed E-state index contributed by atoms with van der Waals surface area (Å²) in [4.78, 5) is 0.00492. The van der Waals surface area contributed by atoms with Gasteiger partial charge in [-0.25, -0.2) is 25.6 Å². The number of sulfone groups is 2. The summed E-state index contributed by atoms with van der Waals surface area (Å²) in [6, 6.07) is 7.56. The second kappa shape index (κ2) is 9.95. The Morgan fingerprint density at radius 1 is 1.09 bits per heavy atom. The van der Waals surface area contributed by atoms with E-state index >= 15 is 0 Å². The molecule has 6 nitrogen and oxygen atoms in total. The van der Waals surface area contributed by atoms with Gasteiger partial charge in [-0.05, 0) is 62.1 Å². The monoisotopic (exact) mass is 548 g/mol. The van der Waals surface area contributed by atoms with E-state index in [1.54, 1.807) is 0 Å². The summed E-state index contributed by atoms with van der Waals surface area (Å²) in [5, 5.41) is 0.368. The molecule has 0 aromatic heterocycles. The van der Waals surface area contributed by atoms with Crippen LogP contribution in [0.3, 0.4) is 0 Å². The summed E-state index contributed by atoms with van der Waals surface area (Å²) in [5.74, 6) is -2.14. The van der Waals surface area contributed by atoms with E-state index in [-0.39, 0.29) is 47.7 Å². The predicted octanol–water partition coefficient (Wildman–Crippen LogP) is 4.69. The lowest BCUT2D eigenvalue weighted by atomic mass is 9.79. The zero-order valence-corrected chi connectivity index (χ0v) is 21.6. The van der Waals surface area contributed by atoms with Gasteiger partial charge in [-0.15, -0.1) is 0 Å². The molecule has 0 saturated carbocycles. The van der Waals surface area contributed by atoms with Gasteiger partial charge in [-0.1, -0.05) is 18.5 Å². The lowest BCUT2D eigenvalue weighted by molar-refractivity contribution is -0.00653. The zero-order chi connectivity index (χ0) is 25.4. The van der Waals surface area contributed by atoms with Crippen molar-refractivity contribution in [1.29, 1.82) is 0 Å². The zero-order valence-electron chi connectivity index (χ0n) is 19.2. The average molecular weight is 549 g/mol. The Kier molecular flexibility index (Phi) is 7.48. The molecule has 0 bridgehead atoms. The van der Waals surface area contributed by atoms with E-state index in [0.717, 1.165) is 31.4 Å². The maximum absolute atomic E-state index is 14.8. The Bertz CT molecular complexity index is 1300. The van der Waals surface area contributed by atoms with Crippen LogP contribution in [0.2, 0.25) is 5.02 Å². The van der Waals surface area contributed by atoms with Crippen LogP contribution in [0.4, 0.5) is 8.78 Å². The van der Waals surface area contributed by atoms with Crippen molar-refractivity contribution in [1.82, 2.24) is 0 Å². The Hall–Kier alpha value is -1.75. The highest BCUT2D eigenvalue weighted by Gasteiger charge is 2.59. The largest absolute Gasteiger partial charge is 0.490 e. The van der Waals surface area contributed by atoms with E-state index < -0.39 is 42.0 Å². The predicted molar refractivity (Wildman–Crippen MR) is 128 cm³/mol. The summed E-state index contributed by atoms with van der Waals surface area (Å²) in [6.07, 6.45) is 2.57. The summed E-state index contributed by atoms with van der Waals surface area (Å²) in [5.41, 5.74) is -0.244. The van der Waals surface area contributed by atoms with Crippen LogP contribution in [0.15, 0.2) is 41.3 Å². The van der Waals surface area contributed by atoms with Gasteiger partial charge in [0.25, 0.3) is 0 Å². The van der Waals surface area contributed by atoms with Crippen LogP contribution in [0.25, 0.3) is 0 Å². The fourth-order valence-electron chi connectivity index (χ4n) is 5.18. The van der Waals surface area contributed by atoms with Crippen molar-refractivity contribution in [2.24, 2.45) is 5.92 Å². The smallest absolute Gasteiger partial charge is 0.189 e. The molecule has 3 aliphatic heterocycles. The van der Waals surface area contributed by atoms with E-state index in [4.69, 9.17) is 21.1 Å². The van der Waals surface area contributed by atoms with Crippen LogP contribution in [0, 0.1) is 17.6 Å². The maximum atomic E-state index is 14.8. The molecule has 2 aromatic carbocycles. The minimum atomic E-state index is -4.08. The molecule has 0 amide bonds. The summed E-state index contributed by atoms with van der Waals surface area (Å²) in [6.45, 7) is 2.08. The van der Waals surface area contributed by atoms with Crippen molar-refractivity contribution >= 4 is 31.3 Å². The van der Waals surface area contributed by atoms with Crippen LogP contribution in [-0.2, 0) is 29.2 Å². The van der Waals surface area contributed by atoms with Crippen molar-refractivity contribution < 1.29 is 35.1 Å². The molecule has 2 fully saturated rings. The molecule has 192 valence electrons. The normalized spacial score (nSPS) is 27.1. The van der Waals surface area contributed by atoms with Crippen LogP contribution in [0.5, 0.6) is 5.75 Å². The number of hydrogen-bond donors (Lipinski definition) is 0. The van der Waals surface area contributed by atoms with E-state index in [9.17, 15) is 25.6 Å². The van der Waals surface area contributed by atoms with Crippen LogP contribution in [0.1, 0.15) is 38.2 Å². The molecule has 11 heteroatoms. The number of rotatable bonds is 3. The highest BCUT2D eigenvalue weighted by molar-refractivity contribution is 7.92. The number of ether oxygens (including phenoxy) is 2. The van der Waals surface area contributed by atoms with Gasteiger partial charge in [0.1, 0.15) is 10.6 Å². The van der Waals surface area contributed by atoms with Gasteiger partial charge in [0, 0.05) is 17.5 Å². The first-order valence-corrected chi connectivity index (χ1v) is 15.0. The van der Waals surface area contributed by atoms with Gasteiger partial charge >= 0.3 is 0 Å². The van der Waals surface area contributed by atoms with Gasteiger partial charge in [-0.2, -0.15) is 0 Å². The van der Waals surface area contributed by atoms with Crippen molar-refractivity contribution in [3.63, 3.8) is 0 Å². The number of benzene rings is 2. The maximum Gasteiger partial charge on any atom is 0.189 e. The molecule has 0 N–H and O–H groups in total. The van der Waals surface area contributed by atoms with Crippen molar-refractivity contribution in [3.05, 3.63) is 58.6 Å². The van der Waals surface area contributed by atoms with Crippen LogP contribution >= 0.6 is 11.6 Å². The topological polar surface area (TPSA) is 86.7 Å².